The molecule has 3 N–H and O–H groups in total. The van der Waals surface area contributed by atoms with E-state index in [9.17, 15) is 13.6 Å². The molecule has 5 rings (SSSR count). The van der Waals surface area contributed by atoms with Gasteiger partial charge in [0.15, 0.2) is 11.1 Å². The minimum absolute atomic E-state index is 0.0318. The van der Waals surface area contributed by atoms with E-state index in [0.717, 1.165) is 43.4 Å². The second kappa shape index (κ2) is 5.28. The normalized spacial score (nSPS) is 46.0. The van der Waals surface area contributed by atoms with Crippen molar-refractivity contribution >= 4 is 17.0 Å². The summed E-state index contributed by atoms with van der Waals surface area (Å²) in [5.74, 6) is 2.19. The van der Waals surface area contributed by atoms with Gasteiger partial charge in [-0.3, -0.25) is 4.79 Å². The number of amides is 1. The summed E-state index contributed by atoms with van der Waals surface area (Å²) in [6.07, 6.45) is 8.66. The van der Waals surface area contributed by atoms with Crippen LogP contribution in [0, 0.1) is 23.2 Å². The molecule has 22 heavy (non-hydrogen) atoms. The monoisotopic (exact) mass is 326 g/mol. The Balaban J connectivity index is 1.55. The molecule has 1 aliphatic heterocycles. The quantitative estimate of drug-likeness (QED) is 0.773. The first-order chi connectivity index (χ1) is 10.5. The van der Waals surface area contributed by atoms with Gasteiger partial charge in [-0.2, -0.15) is 0 Å². The highest BCUT2D eigenvalue weighted by Crippen LogP contribution is 2.61. The van der Waals surface area contributed by atoms with Gasteiger partial charge in [0.1, 0.15) is 5.37 Å². The zero-order valence-corrected chi connectivity index (χ0v) is 13.8. The van der Waals surface area contributed by atoms with Gasteiger partial charge < -0.3 is 15.2 Å². The molecule has 4 saturated carbocycles. The van der Waals surface area contributed by atoms with E-state index in [1.807, 2.05) is 0 Å². The zero-order valence-electron chi connectivity index (χ0n) is 12.9. The van der Waals surface area contributed by atoms with Crippen molar-refractivity contribution in [2.24, 2.45) is 28.9 Å². The summed E-state index contributed by atoms with van der Waals surface area (Å²) in [6, 6.07) is -0.481. The molecule has 0 aromatic heterocycles. The molecule has 3 atom stereocenters. The van der Waals surface area contributed by atoms with Crippen LogP contribution in [0.25, 0.3) is 0 Å². The zero-order chi connectivity index (χ0) is 15.5. The summed E-state index contributed by atoms with van der Waals surface area (Å²) in [6.45, 7) is 0.579. The van der Waals surface area contributed by atoms with E-state index < -0.39 is 22.5 Å². The Morgan fingerprint density at radius 3 is 2.23 bits per heavy atom. The van der Waals surface area contributed by atoms with Crippen molar-refractivity contribution in [2.75, 3.05) is 6.54 Å². The highest BCUT2D eigenvalue weighted by Gasteiger charge is 2.56. The molecule has 1 unspecified atom stereocenters. The number of carbonyl (C=O) groups excluding carboxylic acids is 1. The van der Waals surface area contributed by atoms with E-state index in [4.69, 9.17) is 5.73 Å². The van der Waals surface area contributed by atoms with Crippen LogP contribution in [0.3, 0.4) is 0 Å². The van der Waals surface area contributed by atoms with Crippen LogP contribution in [0.2, 0.25) is 0 Å². The van der Waals surface area contributed by atoms with Gasteiger partial charge in [0.25, 0.3) is 0 Å². The van der Waals surface area contributed by atoms with E-state index in [2.05, 4.69) is 0 Å². The molecule has 0 radical (unpaired) electrons. The number of likely N-dealkylation sites (tertiary alicyclic amines) is 1. The highest BCUT2D eigenvalue weighted by molar-refractivity contribution is 7.79. The van der Waals surface area contributed by atoms with Crippen LogP contribution in [0.1, 0.15) is 51.4 Å². The van der Waals surface area contributed by atoms with Gasteiger partial charge in [-0.1, -0.05) is 0 Å². The van der Waals surface area contributed by atoms with E-state index in [1.54, 1.807) is 4.90 Å². The first-order valence-electron chi connectivity index (χ1n) is 8.64. The Morgan fingerprint density at radius 2 is 1.73 bits per heavy atom. The molecule has 5 fully saturated rings. The van der Waals surface area contributed by atoms with Crippen LogP contribution in [0.4, 0.5) is 0 Å². The van der Waals surface area contributed by atoms with Crippen LogP contribution in [0.5, 0.6) is 0 Å². The van der Waals surface area contributed by atoms with Gasteiger partial charge in [-0.05, 0) is 74.5 Å². The molecule has 1 amide bonds. The fourth-order valence-electron chi connectivity index (χ4n) is 6.20. The lowest BCUT2D eigenvalue weighted by Crippen LogP contribution is -2.60. The van der Waals surface area contributed by atoms with E-state index in [0.29, 0.717) is 13.0 Å². The Bertz CT molecular complexity index is 474. The fraction of sp³-hybridized carbons (Fsp3) is 0.938. The van der Waals surface area contributed by atoms with Gasteiger partial charge in [-0.15, -0.1) is 0 Å². The van der Waals surface area contributed by atoms with E-state index in [1.165, 1.54) is 19.3 Å². The number of rotatable bonds is 3. The average molecular weight is 326 g/mol. The third-order valence-corrected chi connectivity index (χ3v) is 7.68. The van der Waals surface area contributed by atoms with Gasteiger partial charge >= 0.3 is 0 Å². The summed E-state index contributed by atoms with van der Waals surface area (Å²) in [5, 5.41) is -0.549. The van der Waals surface area contributed by atoms with Gasteiger partial charge in [0, 0.05) is 6.54 Å². The standard InChI is InChI=1S/C16H26N2O3S/c17-14(15(19)18-3-1-2-13(18)22(20)21)16-7-10-4-11(8-16)6-12(5-10)9-16/h10-14H,1-9,17H2,(H,20,21)/t10?,11?,12?,13-,14-,16?/m1/s1. The summed E-state index contributed by atoms with van der Waals surface area (Å²) < 4.78 is 20.9. The lowest BCUT2D eigenvalue weighted by Gasteiger charge is -2.58. The molecule has 0 spiro atoms. The van der Waals surface area contributed by atoms with E-state index >= 15 is 0 Å². The van der Waals surface area contributed by atoms with Crippen molar-refractivity contribution in [1.29, 1.82) is 0 Å². The molecule has 5 aliphatic rings. The molecule has 0 aromatic carbocycles. The van der Waals surface area contributed by atoms with Crippen LogP contribution >= 0.6 is 0 Å². The molecule has 4 bridgehead atoms. The Labute approximate surface area is 134 Å². The van der Waals surface area contributed by atoms with Crippen molar-refractivity contribution in [2.45, 2.75) is 62.8 Å². The molecule has 4 aliphatic carbocycles. The summed E-state index contributed by atoms with van der Waals surface area (Å²) in [5.41, 5.74) is 6.45. The Kier molecular flexibility index (Phi) is 3.62. The second-order valence-corrected chi connectivity index (χ2v) is 9.26. The number of carbonyl (C=O) groups is 1. The molecule has 124 valence electrons. The fourth-order valence-corrected chi connectivity index (χ4v) is 6.99. The third-order valence-electron chi connectivity index (χ3n) is 6.72. The highest BCUT2D eigenvalue weighted by atomic mass is 32.2. The molecule has 5 nitrogen and oxygen atoms in total. The molecular weight excluding hydrogens is 300 g/mol. The molecule has 6 heteroatoms. The minimum Gasteiger partial charge on any atom is -0.324 e. The van der Waals surface area contributed by atoms with Crippen molar-refractivity contribution in [1.82, 2.24) is 4.90 Å². The van der Waals surface area contributed by atoms with Crippen LogP contribution in [-0.2, 0) is 15.9 Å². The molecule has 1 heterocycles. The summed E-state index contributed by atoms with van der Waals surface area (Å²) in [7, 11) is 0. The minimum atomic E-state index is -1.97. The lowest BCUT2D eigenvalue weighted by molar-refractivity contribution is -0.142. The number of nitrogens with two attached hydrogens (primary N) is 1. The second-order valence-electron chi connectivity index (χ2n) is 8.16. The van der Waals surface area contributed by atoms with Crippen LogP contribution in [-0.4, -0.2) is 37.5 Å². The SMILES string of the molecule is N[C@H](C(=O)N1CCC[C@H]1S(=O)O)C12CC3CC(CC(C3)C1)C2. The topological polar surface area (TPSA) is 83.6 Å². The van der Waals surface area contributed by atoms with Gasteiger partial charge in [-0.25, -0.2) is 4.21 Å². The lowest BCUT2D eigenvalue weighted by atomic mass is 9.47. The van der Waals surface area contributed by atoms with Crippen LogP contribution in [0.15, 0.2) is 0 Å². The van der Waals surface area contributed by atoms with Gasteiger partial charge in [0.2, 0.25) is 5.91 Å². The smallest absolute Gasteiger partial charge is 0.241 e. The number of hydrogen-bond acceptors (Lipinski definition) is 3. The number of nitrogens with zero attached hydrogens (tertiary/aromatic N) is 1. The largest absolute Gasteiger partial charge is 0.324 e. The summed E-state index contributed by atoms with van der Waals surface area (Å²) in [4.78, 5) is 14.5. The Hall–Kier alpha value is -0.460. The maximum atomic E-state index is 12.9. The third kappa shape index (κ3) is 2.26. The van der Waals surface area contributed by atoms with E-state index in [-0.39, 0.29) is 11.3 Å². The van der Waals surface area contributed by atoms with Crippen molar-refractivity contribution < 1.29 is 13.6 Å². The Morgan fingerprint density at radius 1 is 1.18 bits per heavy atom. The summed E-state index contributed by atoms with van der Waals surface area (Å²) >= 11 is -1.97. The predicted octanol–water partition coefficient (Wildman–Crippen LogP) is 1.70. The van der Waals surface area contributed by atoms with Crippen molar-refractivity contribution in [3.63, 3.8) is 0 Å². The molecule has 1 saturated heterocycles. The first-order valence-corrected chi connectivity index (χ1v) is 9.81. The number of hydrogen-bond donors (Lipinski definition) is 2. The molecular formula is C16H26N2O3S. The average Bonchev–Trinajstić information content (AvgIpc) is 2.93. The molecule has 0 aromatic rings. The van der Waals surface area contributed by atoms with Crippen LogP contribution < -0.4 is 5.73 Å². The maximum Gasteiger partial charge on any atom is 0.241 e. The van der Waals surface area contributed by atoms with Crippen molar-refractivity contribution in [3.8, 4) is 0 Å². The predicted molar refractivity (Wildman–Crippen MR) is 84.1 cm³/mol. The maximum absolute atomic E-state index is 12.9. The van der Waals surface area contributed by atoms with Gasteiger partial charge in [0.05, 0.1) is 6.04 Å². The van der Waals surface area contributed by atoms with Crippen molar-refractivity contribution in [3.05, 3.63) is 0 Å². The first kappa shape index (κ1) is 15.1.